The van der Waals surface area contributed by atoms with Gasteiger partial charge in [0.1, 0.15) is 9.84 Å². The third kappa shape index (κ3) is 4.61. The Balaban J connectivity index is 1.85. The minimum absolute atomic E-state index is 0.238. The molecular weight excluding hydrogens is 260 g/mol. The van der Waals surface area contributed by atoms with Crippen molar-refractivity contribution in [3.05, 3.63) is 42.1 Å². The lowest BCUT2D eigenvalue weighted by atomic mass is 10.1. The highest BCUT2D eigenvalue weighted by atomic mass is 32.2. The summed E-state index contributed by atoms with van der Waals surface area (Å²) < 4.78 is 22.0. The third-order valence-electron chi connectivity index (χ3n) is 2.87. The van der Waals surface area contributed by atoms with Crippen LogP contribution in [0, 0.1) is 0 Å². The Morgan fingerprint density at radius 2 is 2.11 bits per heavy atom. The van der Waals surface area contributed by atoms with Crippen LogP contribution in [0.2, 0.25) is 0 Å². The maximum atomic E-state index is 11.0. The molecule has 1 aromatic carbocycles. The molecule has 0 atom stereocenters. The summed E-state index contributed by atoms with van der Waals surface area (Å²) in [6.07, 6.45) is 3.70. The van der Waals surface area contributed by atoms with Crippen LogP contribution in [-0.2, 0) is 16.4 Å². The summed E-state index contributed by atoms with van der Waals surface area (Å²) in [7, 11) is -2.85. The molecule has 0 saturated carbocycles. The van der Waals surface area contributed by atoms with Gasteiger partial charge in [-0.1, -0.05) is 12.1 Å². The largest absolute Gasteiger partial charge is 0.313 e. The summed E-state index contributed by atoms with van der Waals surface area (Å²) in [6.45, 7) is 1.45. The van der Waals surface area contributed by atoms with Crippen LogP contribution in [-0.4, -0.2) is 32.0 Å². The average Bonchev–Trinajstić information content (AvgIpc) is 2.37. The van der Waals surface area contributed by atoms with Crippen molar-refractivity contribution in [2.75, 3.05) is 18.6 Å². The summed E-state index contributed by atoms with van der Waals surface area (Å²) in [6, 6.07) is 10.1. The molecule has 0 radical (unpaired) electrons. The van der Waals surface area contributed by atoms with Gasteiger partial charge in [0.05, 0.1) is 11.3 Å². The van der Waals surface area contributed by atoms with E-state index in [0.717, 1.165) is 17.4 Å². The van der Waals surface area contributed by atoms with E-state index in [1.165, 1.54) is 11.8 Å². The van der Waals surface area contributed by atoms with Crippen molar-refractivity contribution >= 4 is 20.7 Å². The number of nitrogens with zero attached hydrogens (tertiary/aromatic N) is 1. The molecule has 2 rings (SSSR count). The van der Waals surface area contributed by atoms with Crippen LogP contribution in [0.1, 0.15) is 12.0 Å². The summed E-state index contributed by atoms with van der Waals surface area (Å²) in [5.41, 5.74) is 2.17. The molecule has 0 aliphatic carbocycles. The third-order valence-corrected chi connectivity index (χ3v) is 3.90. The van der Waals surface area contributed by atoms with Gasteiger partial charge >= 0.3 is 0 Å². The van der Waals surface area contributed by atoms with Crippen molar-refractivity contribution in [3.63, 3.8) is 0 Å². The highest BCUT2D eigenvalue weighted by Crippen LogP contribution is 2.12. The molecule has 0 spiro atoms. The van der Waals surface area contributed by atoms with E-state index >= 15 is 0 Å². The predicted molar refractivity (Wildman–Crippen MR) is 77.8 cm³/mol. The van der Waals surface area contributed by atoms with E-state index in [2.05, 4.69) is 16.4 Å². The lowest BCUT2D eigenvalue weighted by Gasteiger charge is -2.05. The van der Waals surface area contributed by atoms with Gasteiger partial charge in [-0.05, 0) is 36.7 Å². The predicted octanol–water partition coefficient (Wildman–Crippen LogP) is 1.76. The van der Waals surface area contributed by atoms with Gasteiger partial charge in [-0.2, -0.15) is 0 Å². The lowest BCUT2D eigenvalue weighted by Crippen LogP contribution is -2.17. The standard InChI is InChI=1S/C14H18N2O2S/c1-19(17,18)9-3-7-15-11-12-5-6-14-13(10-12)4-2-8-16-14/h2,4-6,8,10,15H,3,7,9,11H2,1H3. The summed E-state index contributed by atoms with van der Waals surface area (Å²) in [5.74, 6) is 0.238. The van der Waals surface area contributed by atoms with Crippen molar-refractivity contribution in [1.82, 2.24) is 10.3 Å². The minimum Gasteiger partial charge on any atom is -0.313 e. The Morgan fingerprint density at radius 3 is 2.89 bits per heavy atom. The first-order chi connectivity index (χ1) is 9.04. The van der Waals surface area contributed by atoms with Gasteiger partial charge in [0.15, 0.2) is 0 Å². The second-order valence-electron chi connectivity index (χ2n) is 4.69. The molecule has 5 heteroatoms. The fourth-order valence-corrected chi connectivity index (χ4v) is 2.60. The number of benzene rings is 1. The molecule has 2 aromatic rings. The molecule has 1 heterocycles. The van der Waals surface area contributed by atoms with Crippen LogP contribution in [0.25, 0.3) is 10.9 Å². The number of hydrogen-bond donors (Lipinski definition) is 1. The molecule has 0 aliphatic heterocycles. The van der Waals surface area contributed by atoms with Crippen LogP contribution < -0.4 is 5.32 Å². The number of aromatic nitrogens is 1. The van der Waals surface area contributed by atoms with Gasteiger partial charge in [0.2, 0.25) is 0 Å². The van der Waals surface area contributed by atoms with Crippen LogP contribution in [0.15, 0.2) is 36.5 Å². The second kappa shape index (κ2) is 6.12. The Hall–Kier alpha value is -1.46. The Bertz CT molecular complexity index is 653. The van der Waals surface area contributed by atoms with Gasteiger partial charge in [-0.15, -0.1) is 0 Å². The summed E-state index contributed by atoms with van der Waals surface area (Å²) >= 11 is 0. The van der Waals surface area contributed by atoms with Crippen LogP contribution in [0.4, 0.5) is 0 Å². The smallest absolute Gasteiger partial charge is 0.147 e. The highest BCUT2D eigenvalue weighted by molar-refractivity contribution is 7.90. The Kier molecular flexibility index (Phi) is 4.50. The highest BCUT2D eigenvalue weighted by Gasteiger charge is 2.01. The molecule has 0 aliphatic rings. The molecule has 1 aromatic heterocycles. The van der Waals surface area contributed by atoms with E-state index < -0.39 is 9.84 Å². The monoisotopic (exact) mass is 278 g/mol. The minimum atomic E-state index is -2.85. The SMILES string of the molecule is CS(=O)(=O)CCCNCc1ccc2ncccc2c1. The number of rotatable bonds is 6. The quantitative estimate of drug-likeness (QED) is 0.818. The van der Waals surface area contributed by atoms with Gasteiger partial charge in [-0.25, -0.2) is 8.42 Å². The molecule has 19 heavy (non-hydrogen) atoms. The average molecular weight is 278 g/mol. The molecule has 4 nitrogen and oxygen atoms in total. The summed E-state index contributed by atoms with van der Waals surface area (Å²) in [5, 5.41) is 4.38. The second-order valence-corrected chi connectivity index (χ2v) is 6.95. The van der Waals surface area contributed by atoms with E-state index in [1.807, 2.05) is 24.3 Å². The number of pyridine rings is 1. The van der Waals surface area contributed by atoms with Gasteiger partial charge in [-0.3, -0.25) is 4.98 Å². The molecule has 0 unspecified atom stereocenters. The number of nitrogens with one attached hydrogen (secondary N) is 1. The normalized spacial score (nSPS) is 11.8. The van der Waals surface area contributed by atoms with Crippen molar-refractivity contribution in [2.24, 2.45) is 0 Å². The number of sulfone groups is 1. The van der Waals surface area contributed by atoms with Gasteiger partial charge in [0, 0.05) is 24.4 Å². The number of hydrogen-bond acceptors (Lipinski definition) is 4. The maximum absolute atomic E-state index is 11.0. The molecular formula is C14H18N2O2S. The van der Waals surface area contributed by atoms with E-state index in [-0.39, 0.29) is 5.75 Å². The van der Waals surface area contributed by atoms with Crippen molar-refractivity contribution < 1.29 is 8.42 Å². The van der Waals surface area contributed by atoms with E-state index in [1.54, 1.807) is 6.20 Å². The van der Waals surface area contributed by atoms with E-state index in [9.17, 15) is 8.42 Å². The molecule has 102 valence electrons. The first-order valence-corrected chi connectivity index (χ1v) is 8.33. The number of fused-ring (bicyclic) bond motifs is 1. The molecule has 0 fully saturated rings. The fraction of sp³-hybridized carbons (Fsp3) is 0.357. The zero-order valence-corrected chi connectivity index (χ0v) is 11.8. The van der Waals surface area contributed by atoms with Crippen molar-refractivity contribution in [3.8, 4) is 0 Å². The Morgan fingerprint density at radius 1 is 1.26 bits per heavy atom. The van der Waals surface area contributed by atoms with E-state index in [4.69, 9.17) is 0 Å². The van der Waals surface area contributed by atoms with Gasteiger partial charge in [0.25, 0.3) is 0 Å². The first-order valence-electron chi connectivity index (χ1n) is 6.27. The van der Waals surface area contributed by atoms with Crippen molar-refractivity contribution in [2.45, 2.75) is 13.0 Å². The van der Waals surface area contributed by atoms with Crippen LogP contribution >= 0.6 is 0 Å². The van der Waals surface area contributed by atoms with Crippen LogP contribution in [0.5, 0.6) is 0 Å². The first kappa shape index (κ1) is 14.0. The topological polar surface area (TPSA) is 59.1 Å². The van der Waals surface area contributed by atoms with E-state index in [0.29, 0.717) is 13.0 Å². The lowest BCUT2D eigenvalue weighted by molar-refractivity contribution is 0.594. The summed E-state index contributed by atoms with van der Waals surface area (Å²) in [4.78, 5) is 4.27. The molecule has 0 saturated heterocycles. The molecule has 0 bridgehead atoms. The van der Waals surface area contributed by atoms with Gasteiger partial charge < -0.3 is 5.32 Å². The molecule has 1 N–H and O–H groups in total. The molecule has 0 amide bonds. The maximum Gasteiger partial charge on any atom is 0.147 e. The fourth-order valence-electron chi connectivity index (χ4n) is 1.93. The zero-order chi connectivity index (χ0) is 13.7. The Labute approximate surface area is 113 Å². The van der Waals surface area contributed by atoms with Crippen molar-refractivity contribution in [1.29, 1.82) is 0 Å². The van der Waals surface area contributed by atoms with Crippen LogP contribution in [0.3, 0.4) is 0 Å². The zero-order valence-electron chi connectivity index (χ0n) is 11.0.